The van der Waals surface area contributed by atoms with Crippen molar-refractivity contribution in [2.45, 2.75) is 11.8 Å². The van der Waals surface area contributed by atoms with Crippen molar-refractivity contribution >= 4 is 39.4 Å². The average molecular weight is 453 g/mol. The van der Waals surface area contributed by atoms with Gasteiger partial charge in [0.1, 0.15) is 22.3 Å². The van der Waals surface area contributed by atoms with Crippen LogP contribution < -0.4 is 9.50 Å². The number of nitrogens with one attached hydrogen (secondary N) is 1. The van der Waals surface area contributed by atoms with Crippen LogP contribution in [0.4, 0.5) is 5.69 Å². The molecule has 3 aromatic rings. The standard InChI is InChI=1S/C23H17ClN2O4S/c1-16-9-11-20(12-10-16)31(28,29)30-19-6-4-5-17(14-19)13-18(15-25)23(27)26-22-8-3-2-7-21(22)24/h2-14H,1H3,(H,26,27)/b18-13-. The highest BCUT2D eigenvalue weighted by atomic mass is 35.5. The number of carbonyl (C=O) groups excluding carboxylic acids is 1. The van der Waals surface area contributed by atoms with Crippen molar-refractivity contribution in [1.82, 2.24) is 0 Å². The molecule has 0 aliphatic heterocycles. The summed E-state index contributed by atoms with van der Waals surface area (Å²) in [6, 6.07) is 20.8. The number of aryl methyl sites for hydroxylation is 1. The van der Waals surface area contributed by atoms with Crippen LogP contribution in [0.2, 0.25) is 5.02 Å². The van der Waals surface area contributed by atoms with Gasteiger partial charge in [0.15, 0.2) is 0 Å². The third-order valence-corrected chi connectivity index (χ3v) is 5.76. The molecule has 1 N–H and O–H groups in total. The number of nitrogens with zero attached hydrogens (tertiary/aromatic N) is 1. The lowest BCUT2D eigenvalue weighted by Crippen LogP contribution is -2.13. The fraction of sp³-hybridized carbons (Fsp3) is 0.0435. The maximum atomic E-state index is 12.5. The Kier molecular flexibility index (Phi) is 6.75. The first-order valence-electron chi connectivity index (χ1n) is 9.07. The van der Waals surface area contributed by atoms with Crippen LogP contribution >= 0.6 is 11.6 Å². The Morgan fingerprint density at radius 3 is 2.45 bits per heavy atom. The zero-order valence-electron chi connectivity index (χ0n) is 16.4. The van der Waals surface area contributed by atoms with Gasteiger partial charge in [0, 0.05) is 0 Å². The average Bonchev–Trinajstić information content (AvgIpc) is 2.74. The number of hydrogen-bond donors (Lipinski definition) is 1. The maximum absolute atomic E-state index is 12.5. The lowest BCUT2D eigenvalue weighted by molar-refractivity contribution is -0.112. The van der Waals surface area contributed by atoms with Gasteiger partial charge in [-0.25, -0.2) is 0 Å². The second-order valence-electron chi connectivity index (χ2n) is 6.53. The van der Waals surface area contributed by atoms with Gasteiger partial charge in [-0.2, -0.15) is 13.7 Å². The molecule has 1 amide bonds. The Morgan fingerprint density at radius 1 is 1.06 bits per heavy atom. The smallest absolute Gasteiger partial charge is 0.339 e. The van der Waals surface area contributed by atoms with E-state index < -0.39 is 16.0 Å². The largest absolute Gasteiger partial charge is 0.379 e. The van der Waals surface area contributed by atoms with E-state index in [9.17, 15) is 18.5 Å². The molecule has 31 heavy (non-hydrogen) atoms. The first kappa shape index (κ1) is 22.1. The molecule has 3 aromatic carbocycles. The molecule has 0 saturated carbocycles. The van der Waals surface area contributed by atoms with Crippen LogP contribution in [0.3, 0.4) is 0 Å². The first-order chi connectivity index (χ1) is 14.8. The Hall–Kier alpha value is -3.60. The van der Waals surface area contributed by atoms with Gasteiger partial charge in [-0.05, 0) is 55.0 Å². The summed E-state index contributed by atoms with van der Waals surface area (Å²) in [7, 11) is -4.02. The van der Waals surface area contributed by atoms with E-state index in [1.165, 1.54) is 30.3 Å². The second kappa shape index (κ2) is 9.47. The Morgan fingerprint density at radius 2 is 1.77 bits per heavy atom. The molecule has 0 spiro atoms. The summed E-state index contributed by atoms with van der Waals surface area (Å²) in [5.41, 5.74) is 1.53. The topological polar surface area (TPSA) is 96.3 Å². The Balaban J connectivity index is 1.82. The molecule has 0 saturated heterocycles. The first-order valence-corrected chi connectivity index (χ1v) is 10.9. The molecular formula is C23H17ClN2O4S. The molecule has 0 atom stereocenters. The van der Waals surface area contributed by atoms with Crippen molar-refractivity contribution in [3.8, 4) is 11.8 Å². The van der Waals surface area contributed by atoms with Crippen molar-refractivity contribution in [2.24, 2.45) is 0 Å². The lowest BCUT2D eigenvalue weighted by Gasteiger charge is -2.08. The van der Waals surface area contributed by atoms with Gasteiger partial charge < -0.3 is 9.50 Å². The van der Waals surface area contributed by atoms with E-state index in [2.05, 4.69) is 5.32 Å². The summed E-state index contributed by atoms with van der Waals surface area (Å²) < 4.78 is 30.2. The molecule has 6 nitrogen and oxygen atoms in total. The van der Waals surface area contributed by atoms with Crippen LogP contribution in [-0.4, -0.2) is 14.3 Å². The summed E-state index contributed by atoms with van der Waals surface area (Å²) in [5.74, 6) is -0.590. The van der Waals surface area contributed by atoms with E-state index in [0.717, 1.165) is 5.56 Å². The second-order valence-corrected chi connectivity index (χ2v) is 8.48. The van der Waals surface area contributed by atoms with Crippen LogP contribution in [0.5, 0.6) is 5.75 Å². The van der Waals surface area contributed by atoms with Gasteiger partial charge >= 0.3 is 10.1 Å². The summed E-state index contributed by atoms with van der Waals surface area (Å²) in [6.07, 6.45) is 1.33. The number of rotatable bonds is 6. The SMILES string of the molecule is Cc1ccc(S(=O)(=O)Oc2cccc(/C=C(/C#N)C(=O)Nc3ccccc3Cl)c2)cc1. The number of halogens is 1. The Labute approximate surface area is 185 Å². The van der Waals surface area contributed by atoms with Crippen LogP contribution in [0.1, 0.15) is 11.1 Å². The Bertz CT molecular complexity index is 1290. The molecule has 0 aromatic heterocycles. The number of nitriles is 1. The molecule has 0 heterocycles. The van der Waals surface area contributed by atoms with Crippen LogP contribution in [0, 0.1) is 18.3 Å². The number of benzene rings is 3. The number of hydrogen-bond acceptors (Lipinski definition) is 5. The molecular weight excluding hydrogens is 436 g/mol. The molecule has 0 aliphatic carbocycles. The van der Waals surface area contributed by atoms with E-state index >= 15 is 0 Å². The van der Waals surface area contributed by atoms with Gasteiger partial charge in [-0.15, -0.1) is 0 Å². The molecule has 0 fully saturated rings. The van der Waals surface area contributed by atoms with Gasteiger partial charge in [-0.3, -0.25) is 4.79 Å². The summed E-state index contributed by atoms with van der Waals surface area (Å²) in [4.78, 5) is 12.5. The van der Waals surface area contributed by atoms with Crippen LogP contribution in [-0.2, 0) is 14.9 Å². The van der Waals surface area contributed by atoms with Crippen molar-refractivity contribution in [2.75, 3.05) is 5.32 Å². The number of para-hydroxylation sites is 1. The van der Waals surface area contributed by atoms with E-state index in [4.69, 9.17) is 15.8 Å². The van der Waals surface area contributed by atoms with Crippen molar-refractivity contribution in [3.05, 3.63) is 94.5 Å². The monoisotopic (exact) mass is 452 g/mol. The highest BCUT2D eigenvalue weighted by Gasteiger charge is 2.17. The third-order valence-electron chi connectivity index (χ3n) is 4.17. The van der Waals surface area contributed by atoms with E-state index in [1.54, 1.807) is 48.5 Å². The normalized spacial score (nSPS) is 11.5. The summed E-state index contributed by atoms with van der Waals surface area (Å²) in [6.45, 7) is 1.85. The van der Waals surface area contributed by atoms with Crippen molar-refractivity contribution in [1.29, 1.82) is 5.26 Å². The summed E-state index contributed by atoms with van der Waals surface area (Å²) in [5, 5.41) is 12.3. The minimum Gasteiger partial charge on any atom is -0.379 e. The zero-order chi connectivity index (χ0) is 22.4. The highest BCUT2D eigenvalue weighted by Crippen LogP contribution is 2.23. The van der Waals surface area contributed by atoms with Gasteiger partial charge in [0.2, 0.25) is 0 Å². The molecule has 0 bridgehead atoms. The molecule has 8 heteroatoms. The number of carbonyl (C=O) groups is 1. The predicted octanol–water partition coefficient (Wildman–Crippen LogP) is 4.96. The van der Waals surface area contributed by atoms with E-state index in [0.29, 0.717) is 16.3 Å². The minimum absolute atomic E-state index is 0.0240. The van der Waals surface area contributed by atoms with Crippen molar-refractivity contribution in [3.63, 3.8) is 0 Å². The fourth-order valence-electron chi connectivity index (χ4n) is 2.60. The quantitative estimate of drug-likeness (QED) is 0.324. The van der Waals surface area contributed by atoms with E-state index in [1.807, 2.05) is 13.0 Å². The maximum Gasteiger partial charge on any atom is 0.339 e. The molecule has 3 rings (SSSR count). The molecule has 0 radical (unpaired) electrons. The van der Waals surface area contributed by atoms with Gasteiger partial charge in [0.05, 0.1) is 10.7 Å². The minimum atomic E-state index is -4.02. The summed E-state index contributed by atoms with van der Waals surface area (Å²) >= 11 is 6.03. The van der Waals surface area contributed by atoms with Gasteiger partial charge in [0.25, 0.3) is 5.91 Å². The van der Waals surface area contributed by atoms with Crippen molar-refractivity contribution < 1.29 is 17.4 Å². The third kappa shape index (κ3) is 5.72. The number of amides is 1. The predicted molar refractivity (Wildman–Crippen MR) is 119 cm³/mol. The lowest BCUT2D eigenvalue weighted by atomic mass is 10.1. The van der Waals surface area contributed by atoms with Crippen LogP contribution in [0.25, 0.3) is 6.08 Å². The molecule has 156 valence electrons. The molecule has 0 aliphatic rings. The fourth-order valence-corrected chi connectivity index (χ4v) is 3.71. The highest BCUT2D eigenvalue weighted by molar-refractivity contribution is 7.87. The number of anilines is 1. The molecule has 0 unspecified atom stereocenters. The van der Waals surface area contributed by atoms with E-state index in [-0.39, 0.29) is 16.2 Å². The van der Waals surface area contributed by atoms with Gasteiger partial charge in [-0.1, -0.05) is 53.6 Å². The zero-order valence-corrected chi connectivity index (χ0v) is 17.9. The van der Waals surface area contributed by atoms with Crippen LogP contribution in [0.15, 0.2) is 83.3 Å².